The molecule has 0 fully saturated rings. The average Bonchev–Trinajstić information content (AvgIpc) is 3.01. The molecule has 0 aliphatic carbocycles. The highest BCUT2D eigenvalue weighted by molar-refractivity contribution is 5.76. The van der Waals surface area contributed by atoms with Crippen LogP contribution >= 0.6 is 0 Å². The molecule has 106 valence electrons. The highest BCUT2D eigenvalue weighted by Gasteiger charge is 2.20. The summed E-state index contributed by atoms with van der Waals surface area (Å²) in [6.45, 7) is 4.00. The fourth-order valence-electron chi connectivity index (χ4n) is 2.07. The Morgan fingerprint density at radius 1 is 1.35 bits per heavy atom. The lowest BCUT2D eigenvalue weighted by Crippen LogP contribution is -2.31. The van der Waals surface area contributed by atoms with Crippen molar-refractivity contribution in [3.63, 3.8) is 0 Å². The lowest BCUT2D eigenvalue weighted by molar-refractivity contribution is -0.132. The molecule has 0 bridgehead atoms. The van der Waals surface area contributed by atoms with E-state index in [2.05, 4.69) is 9.97 Å². The molecule has 2 atom stereocenters. The first-order valence-electron chi connectivity index (χ1n) is 6.73. The quantitative estimate of drug-likeness (QED) is 0.840. The lowest BCUT2D eigenvalue weighted by Gasteiger charge is -2.26. The van der Waals surface area contributed by atoms with Crippen LogP contribution in [0.2, 0.25) is 0 Å². The summed E-state index contributed by atoms with van der Waals surface area (Å²) in [5.74, 6) is 0.101. The second-order valence-corrected chi connectivity index (χ2v) is 5.00. The van der Waals surface area contributed by atoms with Crippen molar-refractivity contribution in [1.82, 2.24) is 19.4 Å². The number of hydrogen-bond acceptors (Lipinski definition) is 3. The van der Waals surface area contributed by atoms with Crippen LogP contribution in [0.15, 0.2) is 43.1 Å². The molecule has 2 heterocycles. The highest BCUT2D eigenvalue weighted by Crippen LogP contribution is 2.19. The number of aromatic nitrogens is 3. The number of hydrogen-bond donors (Lipinski definition) is 0. The van der Waals surface area contributed by atoms with Gasteiger partial charge in [-0.15, -0.1) is 0 Å². The second-order valence-electron chi connectivity index (χ2n) is 5.00. The first-order chi connectivity index (χ1) is 9.59. The van der Waals surface area contributed by atoms with Crippen LogP contribution in [0.1, 0.15) is 38.0 Å². The Bertz CT molecular complexity index is 538. The monoisotopic (exact) mass is 272 g/mol. The summed E-state index contributed by atoms with van der Waals surface area (Å²) in [5, 5.41) is 0. The van der Waals surface area contributed by atoms with E-state index in [1.54, 1.807) is 23.6 Å². The zero-order chi connectivity index (χ0) is 14.5. The summed E-state index contributed by atoms with van der Waals surface area (Å²) >= 11 is 0. The van der Waals surface area contributed by atoms with Gasteiger partial charge in [-0.25, -0.2) is 4.98 Å². The number of carbonyl (C=O) groups is 1. The second kappa shape index (κ2) is 6.32. The third kappa shape index (κ3) is 3.23. The average molecular weight is 272 g/mol. The fraction of sp³-hybridized carbons (Fsp3) is 0.400. The molecule has 5 nitrogen and oxygen atoms in total. The zero-order valence-corrected chi connectivity index (χ0v) is 12.1. The van der Waals surface area contributed by atoms with Crippen molar-refractivity contribution < 1.29 is 4.79 Å². The molecule has 0 aromatic carbocycles. The van der Waals surface area contributed by atoms with Crippen LogP contribution in [-0.2, 0) is 4.79 Å². The number of pyridine rings is 1. The standard InChI is InChI=1S/C15H20N4O/c1-12(19-9-8-16-11-19)10-15(20)18(3)13(2)14-6-4-5-7-17-14/h4-9,11-13H,10H2,1-3H3. The number of carbonyl (C=O) groups excluding carboxylic acids is 1. The molecule has 2 aromatic rings. The van der Waals surface area contributed by atoms with Crippen LogP contribution in [0.4, 0.5) is 0 Å². The van der Waals surface area contributed by atoms with Crippen molar-refractivity contribution in [3.05, 3.63) is 48.8 Å². The smallest absolute Gasteiger partial charge is 0.224 e. The van der Waals surface area contributed by atoms with Crippen molar-refractivity contribution in [1.29, 1.82) is 0 Å². The van der Waals surface area contributed by atoms with Gasteiger partial charge < -0.3 is 9.47 Å². The van der Waals surface area contributed by atoms with Gasteiger partial charge in [-0.3, -0.25) is 9.78 Å². The van der Waals surface area contributed by atoms with Gasteiger partial charge in [0.2, 0.25) is 5.91 Å². The summed E-state index contributed by atoms with van der Waals surface area (Å²) in [4.78, 5) is 22.4. The third-order valence-electron chi connectivity index (χ3n) is 3.59. The number of nitrogens with zero attached hydrogens (tertiary/aromatic N) is 4. The summed E-state index contributed by atoms with van der Waals surface area (Å²) in [7, 11) is 1.82. The maximum Gasteiger partial charge on any atom is 0.224 e. The molecule has 0 saturated heterocycles. The van der Waals surface area contributed by atoms with E-state index in [9.17, 15) is 4.79 Å². The normalized spacial score (nSPS) is 13.8. The Kier molecular flexibility index (Phi) is 4.50. The minimum Gasteiger partial charge on any atom is -0.337 e. The van der Waals surface area contributed by atoms with E-state index in [-0.39, 0.29) is 18.0 Å². The van der Waals surface area contributed by atoms with Crippen molar-refractivity contribution >= 4 is 5.91 Å². The molecule has 0 spiro atoms. The Balaban J connectivity index is 1.98. The summed E-state index contributed by atoms with van der Waals surface area (Å²) in [5.41, 5.74) is 0.902. The van der Waals surface area contributed by atoms with Gasteiger partial charge in [0.05, 0.1) is 18.1 Å². The maximum atomic E-state index is 12.3. The third-order valence-corrected chi connectivity index (χ3v) is 3.59. The van der Waals surface area contributed by atoms with E-state index in [1.807, 2.05) is 49.9 Å². The lowest BCUT2D eigenvalue weighted by atomic mass is 10.1. The van der Waals surface area contributed by atoms with Gasteiger partial charge in [-0.2, -0.15) is 0 Å². The van der Waals surface area contributed by atoms with Crippen molar-refractivity contribution in [2.45, 2.75) is 32.4 Å². The molecule has 2 rings (SSSR count). The van der Waals surface area contributed by atoms with Crippen LogP contribution < -0.4 is 0 Å². The molecule has 0 N–H and O–H groups in total. The van der Waals surface area contributed by atoms with Gasteiger partial charge >= 0.3 is 0 Å². The van der Waals surface area contributed by atoms with Crippen molar-refractivity contribution in [2.24, 2.45) is 0 Å². The van der Waals surface area contributed by atoms with Crippen LogP contribution in [0, 0.1) is 0 Å². The van der Waals surface area contributed by atoms with Crippen LogP contribution in [0.5, 0.6) is 0 Å². The topological polar surface area (TPSA) is 51.0 Å². The van der Waals surface area contributed by atoms with Crippen LogP contribution in [-0.4, -0.2) is 32.4 Å². The fourth-order valence-corrected chi connectivity index (χ4v) is 2.07. The van der Waals surface area contributed by atoms with Gasteiger partial charge in [0.15, 0.2) is 0 Å². The van der Waals surface area contributed by atoms with E-state index in [0.29, 0.717) is 6.42 Å². The summed E-state index contributed by atoms with van der Waals surface area (Å²) in [6, 6.07) is 5.82. The van der Waals surface area contributed by atoms with Gasteiger partial charge in [0, 0.05) is 38.1 Å². The molecule has 0 radical (unpaired) electrons. The van der Waals surface area contributed by atoms with Gasteiger partial charge in [0.1, 0.15) is 0 Å². The Morgan fingerprint density at radius 3 is 2.75 bits per heavy atom. The zero-order valence-electron chi connectivity index (χ0n) is 12.1. The highest BCUT2D eigenvalue weighted by atomic mass is 16.2. The number of amides is 1. The van der Waals surface area contributed by atoms with E-state index in [0.717, 1.165) is 5.69 Å². The predicted molar refractivity (Wildman–Crippen MR) is 77.0 cm³/mol. The van der Waals surface area contributed by atoms with E-state index in [4.69, 9.17) is 0 Å². The predicted octanol–water partition coefficient (Wildman–Crippen LogP) is 2.45. The first kappa shape index (κ1) is 14.2. The summed E-state index contributed by atoms with van der Waals surface area (Å²) in [6.07, 6.45) is 7.53. The van der Waals surface area contributed by atoms with Crippen LogP contribution in [0.25, 0.3) is 0 Å². The molecular formula is C15H20N4O. The van der Waals surface area contributed by atoms with Gasteiger partial charge in [-0.05, 0) is 26.0 Å². The Hall–Kier alpha value is -2.17. The molecule has 2 aromatic heterocycles. The molecule has 0 saturated carbocycles. The van der Waals surface area contributed by atoms with E-state index < -0.39 is 0 Å². The Labute approximate surface area is 119 Å². The molecule has 5 heteroatoms. The minimum atomic E-state index is -0.0290. The molecular weight excluding hydrogens is 252 g/mol. The van der Waals surface area contributed by atoms with Gasteiger partial charge in [0.25, 0.3) is 0 Å². The maximum absolute atomic E-state index is 12.3. The largest absolute Gasteiger partial charge is 0.337 e. The van der Waals surface area contributed by atoms with Gasteiger partial charge in [-0.1, -0.05) is 6.07 Å². The SMILES string of the molecule is CC(c1ccccn1)N(C)C(=O)CC(C)n1ccnc1. The number of rotatable bonds is 5. The molecule has 2 unspecified atom stereocenters. The van der Waals surface area contributed by atoms with Crippen LogP contribution in [0.3, 0.4) is 0 Å². The van der Waals surface area contributed by atoms with E-state index >= 15 is 0 Å². The van der Waals surface area contributed by atoms with Crippen molar-refractivity contribution in [3.8, 4) is 0 Å². The molecule has 1 amide bonds. The van der Waals surface area contributed by atoms with E-state index in [1.165, 1.54) is 0 Å². The molecule has 0 aliphatic heterocycles. The minimum absolute atomic E-state index is 0.0290. The summed E-state index contributed by atoms with van der Waals surface area (Å²) < 4.78 is 1.94. The molecule has 20 heavy (non-hydrogen) atoms. The number of imidazole rings is 1. The van der Waals surface area contributed by atoms with Crippen molar-refractivity contribution in [2.75, 3.05) is 7.05 Å². The molecule has 0 aliphatic rings. The first-order valence-corrected chi connectivity index (χ1v) is 6.73. The Morgan fingerprint density at radius 2 is 2.15 bits per heavy atom.